The molecule has 284 valence electrons. The fourth-order valence-electron chi connectivity index (χ4n) is 9.44. The van der Waals surface area contributed by atoms with Crippen LogP contribution in [0.5, 0.6) is 0 Å². The fraction of sp³-hybridized carbons (Fsp3) is 0.0741. The van der Waals surface area contributed by atoms with E-state index in [0.29, 0.717) is 5.82 Å². The normalized spacial score (nSPS) is 13.4. The maximum atomic E-state index is 5.36. The molecule has 0 saturated heterocycles. The maximum absolute atomic E-state index is 5.36. The molecule has 0 unspecified atom stereocenters. The van der Waals surface area contributed by atoms with Crippen molar-refractivity contribution in [2.45, 2.75) is 25.7 Å². The van der Waals surface area contributed by atoms with Crippen LogP contribution in [-0.2, 0) is 6.42 Å². The molecule has 12 rings (SSSR count). The molecular formula is C54H38N6. The third-order valence-corrected chi connectivity index (χ3v) is 12.2. The van der Waals surface area contributed by atoms with Crippen LogP contribution < -0.4 is 10.4 Å². The number of aryl methyl sites for hydroxylation is 1. The first kappa shape index (κ1) is 34.4. The lowest BCUT2D eigenvalue weighted by molar-refractivity contribution is 0.965. The number of hydrogen-bond acceptors (Lipinski definition) is 4. The SMILES string of the molecule is C1=Cc2c(c3ncccc3n2-c2cc(-c3cc(-c4ccc(C5=c6ccccc6=CCC5)cc4)nc(-c4ccccc4)n3)cc(-n3c4ccccc4c4ncccc43)c2)CC1. The number of pyridine rings is 2. The van der Waals surface area contributed by atoms with Crippen LogP contribution in [0.2, 0.25) is 0 Å². The summed E-state index contributed by atoms with van der Waals surface area (Å²) in [6.07, 6.45) is 14.7. The summed E-state index contributed by atoms with van der Waals surface area (Å²) in [4.78, 5) is 20.4. The highest BCUT2D eigenvalue weighted by Crippen LogP contribution is 2.38. The number of benzene rings is 5. The largest absolute Gasteiger partial charge is 0.308 e. The maximum Gasteiger partial charge on any atom is 0.160 e. The van der Waals surface area contributed by atoms with Crippen molar-refractivity contribution in [2.24, 2.45) is 0 Å². The van der Waals surface area contributed by atoms with Crippen molar-refractivity contribution < 1.29 is 0 Å². The number of nitrogens with zero attached hydrogens (tertiary/aromatic N) is 6. The molecule has 6 nitrogen and oxygen atoms in total. The van der Waals surface area contributed by atoms with Crippen molar-refractivity contribution in [2.75, 3.05) is 0 Å². The first-order valence-corrected chi connectivity index (χ1v) is 20.7. The van der Waals surface area contributed by atoms with Crippen molar-refractivity contribution in [3.05, 3.63) is 197 Å². The van der Waals surface area contributed by atoms with Gasteiger partial charge in [-0.3, -0.25) is 9.97 Å². The number of allylic oxidation sites excluding steroid dienone is 1. The lowest BCUT2D eigenvalue weighted by Crippen LogP contribution is -2.29. The second-order valence-electron chi connectivity index (χ2n) is 15.7. The van der Waals surface area contributed by atoms with Gasteiger partial charge in [-0.05, 0) is 108 Å². The molecule has 0 aliphatic heterocycles. The molecule has 5 aromatic heterocycles. The highest BCUT2D eigenvalue weighted by Gasteiger charge is 2.22. The van der Waals surface area contributed by atoms with E-state index in [9.17, 15) is 0 Å². The monoisotopic (exact) mass is 770 g/mol. The van der Waals surface area contributed by atoms with Crippen LogP contribution in [-0.4, -0.2) is 29.1 Å². The quantitative estimate of drug-likeness (QED) is 0.169. The molecule has 2 aliphatic carbocycles. The number of fused-ring (bicyclic) bond motifs is 7. The van der Waals surface area contributed by atoms with Gasteiger partial charge in [-0.15, -0.1) is 0 Å². The van der Waals surface area contributed by atoms with Crippen LogP contribution in [0.4, 0.5) is 0 Å². The molecule has 0 N–H and O–H groups in total. The number of rotatable bonds is 6. The van der Waals surface area contributed by atoms with E-state index in [2.05, 4.69) is 149 Å². The Hall–Kier alpha value is -7.70. The highest BCUT2D eigenvalue weighted by atomic mass is 15.0. The molecule has 5 aromatic carbocycles. The Morgan fingerprint density at radius 2 is 1.17 bits per heavy atom. The summed E-state index contributed by atoms with van der Waals surface area (Å²) in [6.45, 7) is 0. The third-order valence-electron chi connectivity index (χ3n) is 12.2. The van der Waals surface area contributed by atoms with E-state index < -0.39 is 0 Å². The van der Waals surface area contributed by atoms with Crippen molar-refractivity contribution in [1.82, 2.24) is 29.1 Å². The van der Waals surface area contributed by atoms with Crippen molar-refractivity contribution in [1.29, 1.82) is 0 Å². The van der Waals surface area contributed by atoms with E-state index >= 15 is 0 Å². The highest BCUT2D eigenvalue weighted by molar-refractivity contribution is 6.07. The van der Waals surface area contributed by atoms with Crippen LogP contribution in [0.1, 0.15) is 36.1 Å². The molecule has 0 saturated carbocycles. The standard InChI is InChI=1S/C54H38N6/c1-2-14-38(15-3-1)54-57-46(37-27-25-36(26-28-37)43-20-10-16-35-13-4-5-17-42(35)43)34-47(58-54)39-31-40(59-48-21-8-6-18-44(48)52-50(59)23-11-29-55-52)33-41(32-39)60-49-22-9-7-19-45(49)53-51(60)24-12-30-56-53/h1-6,8-9,11-18,21-34H,7,10,19-20H2. The second-order valence-corrected chi connectivity index (χ2v) is 15.7. The lowest BCUT2D eigenvalue weighted by Gasteiger charge is -2.17. The zero-order valence-electron chi connectivity index (χ0n) is 32.8. The summed E-state index contributed by atoms with van der Waals surface area (Å²) in [7, 11) is 0. The summed E-state index contributed by atoms with van der Waals surface area (Å²) < 4.78 is 4.72. The molecule has 2 aliphatic rings. The van der Waals surface area contributed by atoms with Crippen molar-refractivity contribution in [3.8, 4) is 45.3 Å². The zero-order chi connectivity index (χ0) is 39.6. The summed E-state index contributed by atoms with van der Waals surface area (Å²) in [5.41, 5.74) is 17.1. The summed E-state index contributed by atoms with van der Waals surface area (Å²) in [6, 6.07) is 53.9. The van der Waals surface area contributed by atoms with Crippen molar-refractivity contribution in [3.63, 3.8) is 0 Å². The van der Waals surface area contributed by atoms with E-state index in [4.69, 9.17) is 19.9 Å². The van der Waals surface area contributed by atoms with Gasteiger partial charge in [-0.1, -0.05) is 109 Å². The molecule has 10 aromatic rings. The Bertz CT molecular complexity index is 3430. The molecule has 0 fully saturated rings. The molecule has 0 amide bonds. The Morgan fingerprint density at radius 3 is 2.02 bits per heavy atom. The Kier molecular flexibility index (Phi) is 8.01. The predicted octanol–water partition coefficient (Wildman–Crippen LogP) is 11.0. The van der Waals surface area contributed by atoms with Gasteiger partial charge in [0.1, 0.15) is 0 Å². The van der Waals surface area contributed by atoms with Crippen LogP contribution in [0.3, 0.4) is 0 Å². The van der Waals surface area contributed by atoms with E-state index in [1.807, 2.05) is 42.7 Å². The average Bonchev–Trinajstić information content (AvgIpc) is 3.85. The summed E-state index contributed by atoms with van der Waals surface area (Å²) in [5.74, 6) is 0.683. The summed E-state index contributed by atoms with van der Waals surface area (Å²) >= 11 is 0. The van der Waals surface area contributed by atoms with Gasteiger partial charge < -0.3 is 9.13 Å². The van der Waals surface area contributed by atoms with Crippen LogP contribution in [0.15, 0.2) is 170 Å². The first-order chi connectivity index (χ1) is 29.7. The van der Waals surface area contributed by atoms with E-state index in [-0.39, 0.29) is 0 Å². The van der Waals surface area contributed by atoms with Crippen LogP contribution in [0.25, 0.3) is 96.0 Å². The second kappa shape index (κ2) is 14.0. The van der Waals surface area contributed by atoms with Gasteiger partial charge in [0.15, 0.2) is 5.82 Å². The molecule has 0 spiro atoms. The van der Waals surface area contributed by atoms with Crippen LogP contribution in [0, 0.1) is 0 Å². The zero-order valence-corrected chi connectivity index (χ0v) is 32.8. The van der Waals surface area contributed by atoms with E-state index in [0.717, 1.165) is 98.1 Å². The minimum atomic E-state index is 0.683. The average molecular weight is 771 g/mol. The third kappa shape index (κ3) is 5.63. The number of para-hydroxylation sites is 1. The van der Waals surface area contributed by atoms with Crippen molar-refractivity contribution >= 4 is 50.7 Å². The predicted molar refractivity (Wildman–Crippen MR) is 244 cm³/mol. The summed E-state index contributed by atoms with van der Waals surface area (Å²) in [5, 5.41) is 3.75. The van der Waals surface area contributed by atoms with E-state index in [1.165, 1.54) is 32.8 Å². The lowest BCUT2D eigenvalue weighted by atomic mass is 9.93. The Balaban J connectivity index is 1.10. The van der Waals surface area contributed by atoms with Gasteiger partial charge in [0, 0.05) is 51.4 Å². The van der Waals surface area contributed by atoms with Gasteiger partial charge in [-0.25, -0.2) is 9.97 Å². The molecular weight excluding hydrogens is 733 g/mol. The van der Waals surface area contributed by atoms with Gasteiger partial charge in [-0.2, -0.15) is 0 Å². The molecule has 6 heteroatoms. The molecule has 0 radical (unpaired) electrons. The number of hydrogen-bond donors (Lipinski definition) is 0. The van der Waals surface area contributed by atoms with Crippen LogP contribution >= 0.6 is 0 Å². The van der Waals surface area contributed by atoms with Gasteiger partial charge in [0.25, 0.3) is 0 Å². The minimum Gasteiger partial charge on any atom is -0.308 e. The molecule has 0 bridgehead atoms. The minimum absolute atomic E-state index is 0.683. The van der Waals surface area contributed by atoms with Gasteiger partial charge in [0.2, 0.25) is 0 Å². The first-order valence-electron chi connectivity index (χ1n) is 20.7. The molecule has 5 heterocycles. The fourth-order valence-corrected chi connectivity index (χ4v) is 9.44. The Labute approximate surface area is 346 Å². The van der Waals surface area contributed by atoms with E-state index in [1.54, 1.807) is 0 Å². The van der Waals surface area contributed by atoms with Gasteiger partial charge >= 0.3 is 0 Å². The smallest absolute Gasteiger partial charge is 0.160 e. The topological polar surface area (TPSA) is 61.4 Å². The van der Waals surface area contributed by atoms with Gasteiger partial charge in [0.05, 0.1) is 44.7 Å². The Morgan fingerprint density at radius 1 is 0.483 bits per heavy atom. The number of aromatic nitrogens is 6. The molecule has 60 heavy (non-hydrogen) atoms. The molecule has 0 atom stereocenters.